The molecule has 0 unspecified atom stereocenters. The molecule has 2 aromatic carbocycles. The molecule has 0 heterocycles. The Morgan fingerprint density at radius 3 is 2.42 bits per heavy atom. The minimum atomic E-state index is -0.202. The molecule has 0 bridgehead atoms. The Labute approximate surface area is 122 Å². The normalized spacial score (nSPS) is 10.3. The minimum Gasteiger partial charge on any atom is -0.321 e. The molecular formula is C15H13Cl2NO. The quantitative estimate of drug-likeness (QED) is 0.865. The number of nitrogens with one attached hydrogen (secondary N) is 1. The highest BCUT2D eigenvalue weighted by molar-refractivity contribution is 6.35. The molecule has 4 heteroatoms. The van der Waals surface area contributed by atoms with Gasteiger partial charge in [-0.1, -0.05) is 42.3 Å². The lowest BCUT2D eigenvalue weighted by Crippen LogP contribution is -2.12. The zero-order valence-corrected chi connectivity index (χ0v) is 11.9. The van der Waals surface area contributed by atoms with Crippen molar-refractivity contribution in [2.45, 2.75) is 13.3 Å². The van der Waals surface area contributed by atoms with E-state index < -0.39 is 0 Å². The van der Waals surface area contributed by atoms with E-state index in [9.17, 15) is 4.79 Å². The summed E-state index contributed by atoms with van der Waals surface area (Å²) in [5.74, 6) is -0.202. The number of carbonyl (C=O) groups is 1. The number of anilines is 1. The van der Waals surface area contributed by atoms with Crippen LogP contribution in [0.1, 0.15) is 22.8 Å². The van der Waals surface area contributed by atoms with E-state index in [1.54, 1.807) is 30.3 Å². The van der Waals surface area contributed by atoms with Crippen LogP contribution in [-0.4, -0.2) is 5.91 Å². The van der Waals surface area contributed by atoms with Crippen LogP contribution in [-0.2, 0) is 6.42 Å². The van der Waals surface area contributed by atoms with Gasteiger partial charge < -0.3 is 5.32 Å². The van der Waals surface area contributed by atoms with Gasteiger partial charge in [-0.25, -0.2) is 0 Å². The smallest absolute Gasteiger partial charge is 0.255 e. The lowest BCUT2D eigenvalue weighted by Gasteiger charge is -2.08. The van der Waals surface area contributed by atoms with Crippen LogP contribution in [0.3, 0.4) is 0 Å². The van der Waals surface area contributed by atoms with Crippen molar-refractivity contribution in [1.82, 2.24) is 0 Å². The third-order valence-electron chi connectivity index (χ3n) is 2.80. The van der Waals surface area contributed by atoms with Crippen molar-refractivity contribution >= 4 is 34.8 Å². The topological polar surface area (TPSA) is 29.1 Å². The molecule has 0 fully saturated rings. The van der Waals surface area contributed by atoms with E-state index in [-0.39, 0.29) is 5.91 Å². The number of hydrogen-bond acceptors (Lipinski definition) is 1. The number of aryl methyl sites for hydroxylation is 1. The van der Waals surface area contributed by atoms with Crippen LogP contribution in [0.4, 0.5) is 5.69 Å². The summed E-state index contributed by atoms with van der Waals surface area (Å²) in [4.78, 5) is 12.1. The first-order chi connectivity index (χ1) is 9.10. The Kier molecular flexibility index (Phi) is 4.46. The van der Waals surface area contributed by atoms with E-state index in [2.05, 4.69) is 12.2 Å². The monoisotopic (exact) mass is 293 g/mol. The molecule has 0 spiro atoms. The van der Waals surface area contributed by atoms with Gasteiger partial charge in [0, 0.05) is 10.6 Å². The van der Waals surface area contributed by atoms with Gasteiger partial charge in [-0.3, -0.25) is 4.79 Å². The van der Waals surface area contributed by atoms with Gasteiger partial charge in [0.05, 0.1) is 10.7 Å². The Morgan fingerprint density at radius 1 is 1.11 bits per heavy atom. The van der Waals surface area contributed by atoms with Crippen molar-refractivity contribution in [3.05, 3.63) is 63.6 Å². The van der Waals surface area contributed by atoms with E-state index in [0.717, 1.165) is 6.42 Å². The molecule has 0 aliphatic rings. The third-order valence-corrected chi connectivity index (χ3v) is 3.37. The van der Waals surface area contributed by atoms with Gasteiger partial charge in [-0.05, 0) is 42.3 Å². The SMILES string of the molecule is CCc1ccc(C(=O)Nc2cc(Cl)ccc2Cl)cc1. The summed E-state index contributed by atoms with van der Waals surface area (Å²) in [6.07, 6.45) is 0.946. The molecule has 2 rings (SSSR count). The van der Waals surface area contributed by atoms with Crippen molar-refractivity contribution in [1.29, 1.82) is 0 Å². The first kappa shape index (κ1) is 13.9. The molecule has 0 radical (unpaired) electrons. The van der Waals surface area contributed by atoms with Crippen molar-refractivity contribution in [3.8, 4) is 0 Å². The molecular weight excluding hydrogens is 281 g/mol. The van der Waals surface area contributed by atoms with Crippen LogP contribution in [0.15, 0.2) is 42.5 Å². The second-order valence-corrected chi connectivity index (χ2v) is 4.97. The maximum Gasteiger partial charge on any atom is 0.255 e. The number of amides is 1. The van der Waals surface area contributed by atoms with Crippen molar-refractivity contribution in [2.75, 3.05) is 5.32 Å². The molecule has 1 amide bonds. The molecule has 1 N–H and O–H groups in total. The number of rotatable bonds is 3. The van der Waals surface area contributed by atoms with Crippen LogP contribution in [0.5, 0.6) is 0 Å². The number of carbonyl (C=O) groups excluding carboxylic acids is 1. The Morgan fingerprint density at radius 2 is 1.79 bits per heavy atom. The van der Waals surface area contributed by atoms with Gasteiger partial charge in [-0.2, -0.15) is 0 Å². The third kappa shape index (κ3) is 3.49. The molecule has 0 aliphatic heterocycles. The summed E-state index contributed by atoms with van der Waals surface area (Å²) < 4.78 is 0. The van der Waals surface area contributed by atoms with Gasteiger partial charge >= 0.3 is 0 Å². The molecule has 0 saturated carbocycles. The maximum absolute atomic E-state index is 12.1. The van der Waals surface area contributed by atoms with Crippen LogP contribution in [0.25, 0.3) is 0 Å². The highest BCUT2D eigenvalue weighted by atomic mass is 35.5. The van der Waals surface area contributed by atoms with Crippen LogP contribution >= 0.6 is 23.2 Å². The number of benzene rings is 2. The van der Waals surface area contributed by atoms with E-state index in [0.29, 0.717) is 21.3 Å². The van der Waals surface area contributed by atoms with Crippen LogP contribution in [0, 0.1) is 0 Å². The average Bonchev–Trinajstić information content (AvgIpc) is 2.43. The number of halogens is 2. The van der Waals surface area contributed by atoms with Gasteiger partial charge in [0.2, 0.25) is 0 Å². The summed E-state index contributed by atoms with van der Waals surface area (Å²) in [5.41, 5.74) is 2.30. The van der Waals surface area contributed by atoms with Crippen LogP contribution in [0.2, 0.25) is 10.0 Å². The zero-order chi connectivity index (χ0) is 13.8. The fourth-order valence-corrected chi connectivity index (χ4v) is 2.02. The lowest BCUT2D eigenvalue weighted by molar-refractivity contribution is 0.102. The largest absolute Gasteiger partial charge is 0.321 e. The minimum absolute atomic E-state index is 0.202. The summed E-state index contributed by atoms with van der Waals surface area (Å²) >= 11 is 11.9. The standard InChI is InChI=1S/C15H13Cl2NO/c1-2-10-3-5-11(6-4-10)15(19)18-14-9-12(16)7-8-13(14)17/h3-9H,2H2,1H3,(H,18,19). The molecule has 19 heavy (non-hydrogen) atoms. The summed E-state index contributed by atoms with van der Waals surface area (Å²) in [6, 6.07) is 12.4. The van der Waals surface area contributed by atoms with Crippen molar-refractivity contribution in [3.63, 3.8) is 0 Å². The fraction of sp³-hybridized carbons (Fsp3) is 0.133. The molecule has 2 nitrogen and oxygen atoms in total. The molecule has 0 aliphatic carbocycles. The van der Waals surface area contributed by atoms with Crippen LogP contribution < -0.4 is 5.32 Å². The molecule has 98 valence electrons. The Bertz CT molecular complexity index is 594. The maximum atomic E-state index is 12.1. The number of hydrogen-bond donors (Lipinski definition) is 1. The predicted octanol–water partition coefficient (Wildman–Crippen LogP) is 4.81. The van der Waals surface area contributed by atoms with Crippen molar-refractivity contribution in [2.24, 2.45) is 0 Å². The average molecular weight is 294 g/mol. The fourth-order valence-electron chi connectivity index (χ4n) is 1.68. The molecule has 2 aromatic rings. The van der Waals surface area contributed by atoms with E-state index >= 15 is 0 Å². The highest BCUT2D eigenvalue weighted by Gasteiger charge is 2.08. The Hall–Kier alpha value is -1.51. The van der Waals surface area contributed by atoms with Crippen molar-refractivity contribution < 1.29 is 4.79 Å². The Balaban J connectivity index is 2.18. The highest BCUT2D eigenvalue weighted by Crippen LogP contribution is 2.25. The summed E-state index contributed by atoms with van der Waals surface area (Å²) in [7, 11) is 0. The molecule has 0 saturated heterocycles. The van der Waals surface area contributed by atoms with Gasteiger partial charge in [0.1, 0.15) is 0 Å². The summed E-state index contributed by atoms with van der Waals surface area (Å²) in [5, 5.41) is 3.74. The van der Waals surface area contributed by atoms with Gasteiger partial charge in [0.25, 0.3) is 5.91 Å². The lowest BCUT2D eigenvalue weighted by atomic mass is 10.1. The van der Waals surface area contributed by atoms with Gasteiger partial charge in [-0.15, -0.1) is 0 Å². The second kappa shape index (κ2) is 6.09. The molecule has 0 atom stereocenters. The van der Waals surface area contributed by atoms with E-state index in [1.165, 1.54) is 5.56 Å². The molecule has 0 aromatic heterocycles. The first-order valence-electron chi connectivity index (χ1n) is 5.95. The zero-order valence-electron chi connectivity index (χ0n) is 10.4. The van der Waals surface area contributed by atoms with Gasteiger partial charge in [0.15, 0.2) is 0 Å². The summed E-state index contributed by atoms with van der Waals surface area (Å²) in [6.45, 7) is 2.07. The van der Waals surface area contributed by atoms with E-state index in [1.807, 2.05) is 12.1 Å². The predicted molar refractivity (Wildman–Crippen MR) is 80.2 cm³/mol. The van der Waals surface area contributed by atoms with E-state index in [4.69, 9.17) is 23.2 Å². The second-order valence-electron chi connectivity index (χ2n) is 4.13. The first-order valence-corrected chi connectivity index (χ1v) is 6.71.